The molecule has 3 aromatic rings. The zero-order valence-electron chi connectivity index (χ0n) is 15.8. The van der Waals surface area contributed by atoms with E-state index in [0.717, 1.165) is 41.3 Å². The average Bonchev–Trinajstić information content (AvgIpc) is 2.70. The summed E-state index contributed by atoms with van der Waals surface area (Å²) in [5.41, 5.74) is 3.29. The van der Waals surface area contributed by atoms with Gasteiger partial charge in [0.15, 0.2) is 0 Å². The molecule has 0 aliphatic carbocycles. The van der Waals surface area contributed by atoms with Crippen LogP contribution in [-0.4, -0.2) is 11.6 Å². The van der Waals surface area contributed by atoms with E-state index in [0.29, 0.717) is 22.4 Å². The fraction of sp³-hybridized carbons (Fsp3) is 0.261. The molecule has 3 rings (SSSR count). The molecule has 0 fully saturated rings. The van der Waals surface area contributed by atoms with Crippen molar-refractivity contribution < 1.29 is 4.74 Å². The summed E-state index contributed by atoms with van der Waals surface area (Å²) in [5.74, 6) is 1.59. The van der Waals surface area contributed by atoms with Gasteiger partial charge in [-0.1, -0.05) is 72.9 Å². The van der Waals surface area contributed by atoms with Crippen molar-refractivity contribution in [2.24, 2.45) is 0 Å². The number of benzene rings is 2. The first-order valence-electron chi connectivity index (χ1n) is 9.39. The minimum Gasteiger partial charge on any atom is -0.491 e. The van der Waals surface area contributed by atoms with E-state index in [4.69, 9.17) is 32.9 Å². The molecule has 2 aromatic carbocycles. The van der Waals surface area contributed by atoms with Crippen LogP contribution in [0.15, 0.2) is 65.6 Å². The maximum atomic E-state index is 6.26. The number of nitrogens with zero attached hydrogens (tertiary/aromatic N) is 1. The minimum atomic E-state index is 0.645. The maximum absolute atomic E-state index is 6.26. The molecule has 0 saturated carbocycles. The molecule has 2 nitrogen and oxygen atoms in total. The topological polar surface area (TPSA) is 22.1 Å². The molecule has 1 aromatic heterocycles. The van der Waals surface area contributed by atoms with Crippen molar-refractivity contribution in [3.63, 3.8) is 0 Å². The predicted octanol–water partition coefficient (Wildman–Crippen LogP) is 7.25. The maximum Gasteiger partial charge on any atom is 0.140 e. The molecule has 146 valence electrons. The molecule has 0 bridgehead atoms. The third-order valence-electron chi connectivity index (χ3n) is 4.25. The zero-order chi connectivity index (χ0) is 19.8. The van der Waals surface area contributed by atoms with Crippen LogP contribution in [0.1, 0.15) is 30.3 Å². The van der Waals surface area contributed by atoms with Crippen molar-refractivity contribution in [2.75, 3.05) is 6.61 Å². The summed E-state index contributed by atoms with van der Waals surface area (Å²) in [6, 6.07) is 20.0. The molecule has 0 amide bonds. The molecular weight excluding hydrogens is 409 g/mol. The van der Waals surface area contributed by atoms with Gasteiger partial charge >= 0.3 is 0 Å². The summed E-state index contributed by atoms with van der Waals surface area (Å²) in [4.78, 5) is 5.73. The van der Waals surface area contributed by atoms with Crippen molar-refractivity contribution in [1.82, 2.24) is 4.98 Å². The van der Waals surface area contributed by atoms with Gasteiger partial charge in [0.1, 0.15) is 5.75 Å². The van der Waals surface area contributed by atoms with Crippen molar-refractivity contribution >= 4 is 35.0 Å². The number of halogens is 2. The minimum absolute atomic E-state index is 0.645. The van der Waals surface area contributed by atoms with Crippen LogP contribution in [0, 0.1) is 0 Å². The van der Waals surface area contributed by atoms with Gasteiger partial charge in [-0.2, -0.15) is 0 Å². The first-order valence-corrected chi connectivity index (χ1v) is 11.1. The number of aryl methyl sites for hydroxylation is 1. The largest absolute Gasteiger partial charge is 0.491 e. The van der Waals surface area contributed by atoms with Crippen LogP contribution < -0.4 is 4.74 Å². The number of rotatable bonds is 9. The van der Waals surface area contributed by atoms with Gasteiger partial charge in [0.25, 0.3) is 0 Å². The predicted molar refractivity (Wildman–Crippen MR) is 120 cm³/mol. The molecule has 28 heavy (non-hydrogen) atoms. The van der Waals surface area contributed by atoms with Crippen LogP contribution in [0.3, 0.4) is 0 Å². The highest BCUT2D eigenvalue weighted by Crippen LogP contribution is 2.35. The van der Waals surface area contributed by atoms with E-state index in [1.54, 1.807) is 11.8 Å². The van der Waals surface area contributed by atoms with Gasteiger partial charge in [-0.25, -0.2) is 0 Å². The lowest BCUT2D eigenvalue weighted by molar-refractivity contribution is 0.316. The van der Waals surface area contributed by atoms with Crippen LogP contribution in [0.4, 0.5) is 0 Å². The number of thioether (sulfide) groups is 1. The van der Waals surface area contributed by atoms with Crippen molar-refractivity contribution in [1.29, 1.82) is 0 Å². The van der Waals surface area contributed by atoms with E-state index in [1.165, 1.54) is 5.56 Å². The third kappa shape index (κ3) is 5.91. The third-order valence-corrected chi connectivity index (χ3v) is 6.27. The summed E-state index contributed by atoms with van der Waals surface area (Å²) in [5, 5.41) is 1.35. The zero-order valence-corrected chi connectivity index (χ0v) is 18.2. The van der Waals surface area contributed by atoms with Crippen LogP contribution in [0.5, 0.6) is 5.75 Å². The van der Waals surface area contributed by atoms with Crippen LogP contribution in [0.2, 0.25) is 10.0 Å². The molecule has 0 aliphatic rings. The smallest absolute Gasteiger partial charge is 0.140 e. The first-order chi connectivity index (χ1) is 13.7. The normalized spacial score (nSPS) is 10.8. The lowest BCUT2D eigenvalue weighted by Gasteiger charge is -2.13. The Morgan fingerprint density at radius 3 is 2.36 bits per heavy atom. The second-order valence-corrected chi connectivity index (χ2v) is 8.22. The van der Waals surface area contributed by atoms with E-state index in [9.17, 15) is 0 Å². The van der Waals surface area contributed by atoms with E-state index < -0.39 is 0 Å². The summed E-state index contributed by atoms with van der Waals surface area (Å²) in [6.45, 7) is 2.80. The Balaban J connectivity index is 1.64. The highest BCUT2D eigenvalue weighted by atomic mass is 35.5. The molecule has 0 aliphatic heterocycles. The Morgan fingerprint density at radius 2 is 1.64 bits per heavy atom. The second-order valence-electron chi connectivity index (χ2n) is 6.42. The van der Waals surface area contributed by atoms with Gasteiger partial charge in [-0.15, -0.1) is 11.8 Å². The van der Waals surface area contributed by atoms with Gasteiger partial charge in [0.2, 0.25) is 0 Å². The van der Waals surface area contributed by atoms with Gasteiger partial charge in [-0.3, -0.25) is 4.98 Å². The van der Waals surface area contributed by atoms with Crippen molar-refractivity contribution in [3.8, 4) is 5.75 Å². The lowest BCUT2D eigenvalue weighted by Crippen LogP contribution is -2.05. The second kappa shape index (κ2) is 10.8. The average molecular weight is 432 g/mol. The molecule has 0 N–H and O–H groups in total. The van der Waals surface area contributed by atoms with Crippen molar-refractivity contribution in [2.45, 2.75) is 36.8 Å². The van der Waals surface area contributed by atoms with Crippen LogP contribution >= 0.6 is 35.0 Å². The molecule has 0 spiro atoms. The molecule has 5 heteroatoms. The van der Waals surface area contributed by atoms with Gasteiger partial charge < -0.3 is 4.74 Å². The monoisotopic (exact) mass is 431 g/mol. The van der Waals surface area contributed by atoms with Crippen molar-refractivity contribution in [3.05, 3.63) is 87.7 Å². The van der Waals surface area contributed by atoms with Crippen LogP contribution in [0.25, 0.3) is 0 Å². The molecule has 0 unspecified atom stereocenters. The van der Waals surface area contributed by atoms with Crippen LogP contribution in [-0.2, 0) is 18.6 Å². The van der Waals surface area contributed by atoms with E-state index in [-0.39, 0.29) is 0 Å². The molecule has 1 heterocycles. The van der Waals surface area contributed by atoms with E-state index in [1.807, 2.05) is 36.4 Å². The Bertz CT molecular complexity index is 882. The summed E-state index contributed by atoms with van der Waals surface area (Å²) < 4.78 is 6.04. The van der Waals surface area contributed by atoms with Gasteiger partial charge in [-0.05, 0) is 36.2 Å². The summed E-state index contributed by atoms with van der Waals surface area (Å²) >= 11 is 14.1. The standard InChI is InChI=1S/C23H23Cl2NOS/c1-2-7-21-22(27-15-14-17-8-4-3-5-9-17)13-12-18(26-21)16-28-23-19(24)10-6-11-20(23)25/h3-6,8-13H,2,7,14-16H2,1H3. The first kappa shape index (κ1) is 21.0. The highest BCUT2D eigenvalue weighted by molar-refractivity contribution is 7.98. The Hall–Kier alpha value is -1.68. The highest BCUT2D eigenvalue weighted by Gasteiger charge is 2.10. The number of ether oxygens (including phenoxy) is 1. The molecular formula is C23H23Cl2NOS. The number of hydrogen-bond donors (Lipinski definition) is 0. The summed E-state index contributed by atoms with van der Waals surface area (Å²) in [7, 11) is 0. The van der Waals surface area contributed by atoms with E-state index >= 15 is 0 Å². The summed E-state index contributed by atoms with van der Waals surface area (Å²) in [6.07, 6.45) is 2.80. The lowest BCUT2D eigenvalue weighted by atomic mass is 10.1. The Labute approximate surface area is 181 Å². The fourth-order valence-corrected chi connectivity index (χ4v) is 4.44. The molecule has 0 atom stereocenters. The molecule has 0 radical (unpaired) electrons. The molecule has 0 saturated heterocycles. The van der Waals surface area contributed by atoms with Gasteiger partial charge in [0.05, 0.1) is 28.0 Å². The Kier molecular flexibility index (Phi) is 8.08. The van der Waals surface area contributed by atoms with Gasteiger partial charge in [0, 0.05) is 17.1 Å². The fourth-order valence-electron chi connectivity index (χ4n) is 2.85. The van der Waals surface area contributed by atoms with E-state index in [2.05, 4.69) is 31.2 Å². The Morgan fingerprint density at radius 1 is 0.893 bits per heavy atom. The number of pyridine rings is 1. The quantitative estimate of drug-likeness (QED) is 0.332. The SMILES string of the molecule is CCCc1nc(CSc2c(Cl)cccc2Cl)ccc1OCCc1ccccc1. The number of hydrogen-bond acceptors (Lipinski definition) is 3. The number of aromatic nitrogens is 1.